The van der Waals surface area contributed by atoms with Crippen LogP contribution in [0.1, 0.15) is 12.5 Å². The van der Waals surface area contributed by atoms with Gasteiger partial charge in [0.15, 0.2) is 0 Å². The maximum Gasteiger partial charge on any atom is 0.237 e. The summed E-state index contributed by atoms with van der Waals surface area (Å²) in [6.45, 7) is 8.03. The van der Waals surface area contributed by atoms with Crippen molar-refractivity contribution in [2.75, 3.05) is 43.4 Å². The maximum absolute atomic E-state index is 12.8. The number of aryl methyl sites for hydroxylation is 1. The Morgan fingerprint density at radius 3 is 2.48 bits per heavy atom. The molecule has 0 spiro atoms. The number of benzene rings is 2. The van der Waals surface area contributed by atoms with Crippen LogP contribution >= 0.6 is 11.8 Å². The number of para-hydroxylation sites is 1. The SMILES string of the molecule is Cc1ccccc1-n1nnnc1SC(C)C(=O)Nc1ccc(N2CCN(C)CC2)cc1. The lowest BCUT2D eigenvalue weighted by atomic mass is 10.2. The van der Waals surface area contributed by atoms with Crippen molar-refractivity contribution in [1.82, 2.24) is 25.1 Å². The molecule has 0 radical (unpaired) electrons. The first-order valence-electron chi connectivity index (χ1n) is 10.4. The van der Waals surface area contributed by atoms with Crippen LogP contribution < -0.4 is 10.2 Å². The largest absolute Gasteiger partial charge is 0.369 e. The molecule has 0 aliphatic carbocycles. The summed E-state index contributed by atoms with van der Waals surface area (Å²) in [7, 11) is 2.15. The molecule has 1 amide bonds. The molecule has 1 aliphatic heterocycles. The van der Waals surface area contributed by atoms with E-state index in [4.69, 9.17) is 0 Å². The molecular formula is C22H27N7OS. The Kier molecular flexibility index (Phi) is 6.53. The average Bonchev–Trinajstić information content (AvgIpc) is 3.23. The summed E-state index contributed by atoms with van der Waals surface area (Å²) >= 11 is 1.34. The molecule has 1 atom stereocenters. The number of anilines is 2. The van der Waals surface area contributed by atoms with E-state index in [1.165, 1.54) is 17.4 Å². The van der Waals surface area contributed by atoms with Crippen molar-refractivity contribution in [2.24, 2.45) is 0 Å². The second-order valence-electron chi connectivity index (χ2n) is 7.75. The van der Waals surface area contributed by atoms with E-state index in [9.17, 15) is 4.79 Å². The van der Waals surface area contributed by atoms with Crippen molar-refractivity contribution in [2.45, 2.75) is 24.3 Å². The Morgan fingerprint density at radius 1 is 1.06 bits per heavy atom. The van der Waals surface area contributed by atoms with Crippen LogP contribution in [0.15, 0.2) is 53.7 Å². The second kappa shape index (κ2) is 9.49. The zero-order chi connectivity index (χ0) is 21.8. The summed E-state index contributed by atoms with van der Waals surface area (Å²) in [6, 6.07) is 15.9. The van der Waals surface area contributed by atoms with E-state index in [-0.39, 0.29) is 11.2 Å². The number of carbonyl (C=O) groups excluding carboxylic acids is 1. The number of aromatic nitrogens is 4. The third kappa shape index (κ3) is 5.05. The highest BCUT2D eigenvalue weighted by molar-refractivity contribution is 8.00. The van der Waals surface area contributed by atoms with Gasteiger partial charge in [-0.25, -0.2) is 0 Å². The summed E-state index contributed by atoms with van der Waals surface area (Å²) < 4.78 is 1.68. The molecule has 1 fully saturated rings. The molecule has 3 aromatic rings. The normalized spacial score (nSPS) is 15.6. The van der Waals surface area contributed by atoms with Gasteiger partial charge in [0.05, 0.1) is 10.9 Å². The van der Waals surface area contributed by atoms with Crippen molar-refractivity contribution < 1.29 is 4.79 Å². The molecule has 162 valence electrons. The van der Waals surface area contributed by atoms with Gasteiger partial charge in [-0.1, -0.05) is 30.0 Å². The average molecular weight is 438 g/mol. The monoisotopic (exact) mass is 437 g/mol. The van der Waals surface area contributed by atoms with Crippen molar-refractivity contribution >= 4 is 29.0 Å². The van der Waals surface area contributed by atoms with E-state index >= 15 is 0 Å². The first kappa shape index (κ1) is 21.3. The van der Waals surface area contributed by atoms with Crippen LogP contribution in [0.4, 0.5) is 11.4 Å². The molecule has 1 unspecified atom stereocenters. The molecule has 1 aliphatic rings. The van der Waals surface area contributed by atoms with Gasteiger partial charge < -0.3 is 15.1 Å². The number of amides is 1. The Hall–Kier alpha value is -2.91. The molecule has 8 nitrogen and oxygen atoms in total. The van der Waals surface area contributed by atoms with Crippen LogP contribution in [-0.2, 0) is 4.79 Å². The van der Waals surface area contributed by atoms with Gasteiger partial charge in [0.25, 0.3) is 0 Å². The second-order valence-corrected chi connectivity index (χ2v) is 9.05. The molecule has 1 N–H and O–H groups in total. The predicted molar refractivity (Wildman–Crippen MR) is 124 cm³/mol. The first-order chi connectivity index (χ1) is 15.0. The van der Waals surface area contributed by atoms with E-state index in [0.29, 0.717) is 5.16 Å². The van der Waals surface area contributed by atoms with Gasteiger partial charge >= 0.3 is 0 Å². The number of piperazine rings is 1. The first-order valence-corrected chi connectivity index (χ1v) is 11.2. The van der Waals surface area contributed by atoms with E-state index < -0.39 is 0 Å². The fraction of sp³-hybridized carbons (Fsp3) is 0.364. The summed E-state index contributed by atoms with van der Waals surface area (Å²) in [4.78, 5) is 17.5. The van der Waals surface area contributed by atoms with Gasteiger partial charge in [0.2, 0.25) is 11.1 Å². The zero-order valence-corrected chi connectivity index (χ0v) is 18.8. The Bertz CT molecular complexity index is 1030. The fourth-order valence-corrected chi connectivity index (χ4v) is 4.28. The molecule has 1 saturated heterocycles. The summed E-state index contributed by atoms with van der Waals surface area (Å²) in [5.74, 6) is -0.0864. The van der Waals surface area contributed by atoms with Crippen molar-refractivity contribution in [1.29, 1.82) is 0 Å². The van der Waals surface area contributed by atoms with Gasteiger partial charge in [0.1, 0.15) is 0 Å². The quantitative estimate of drug-likeness (QED) is 0.594. The number of hydrogen-bond donors (Lipinski definition) is 1. The van der Waals surface area contributed by atoms with E-state index in [1.54, 1.807) is 4.68 Å². The van der Waals surface area contributed by atoms with Gasteiger partial charge in [-0.3, -0.25) is 4.79 Å². The lowest BCUT2D eigenvalue weighted by Gasteiger charge is -2.34. The van der Waals surface area contributed by atoms with Crippen LogP contribution in [0.2, 0.25) is 0 Å². The predicted octanol–water partition coefficient (Wildman–Crippen LogP) is 2.84. The van der Waals surface area contributed by atoms with Crippen molar-refractivity contribution in [3.63, 3.8) is 0 Å². The molecule has 1 aromatic heterocycles. The smallest absolute Gasteiger partial charge is 0.237 e. The highest BCUT2D eigenvalue weighted by Crippen LogP contribution is 2.25. The van der Waals surface area contributed by atoms with Gasteiger partial charge in [-0.05, 0) is 67.2 Å². The third-order valence-corrected chi connectivity index (χ3v) is 6.47. The van der Waals surface area contributed by atoms with Crippen LogP contribution in [0.3, 0.4) is 0 Å². The summed E-state index contributed by atoms with van der Waals surface area (Å²) in [6.07, 6.45) is 0. The third-order valence-electron chi connectivity index (χ3n) is 5.44. The molecule has 2 heterocycles. The van der Waals surface area contributed by atoms with Crippen LogP contribution in [0.5, 0.6) is 0 Å². The van der Waals surface area contributed by atoms with Crippen LogP contribution in [0.25, 0.3) is 5.69 Å². The minimum Gasteiger partial charge on any atom is -0.369 e. The van der Waals surface area contributed by atoms with Crippen molar-refractivity contribution in [3.05, 3.63) is 54.1 Å². The van der Waals surface area contributed by atoms with E-state index in [2.05, 4.69) is 49.8 Å². The Labute approximate surface area is 186 Å². The molecule has 2 aromatic carbocycles. The van der Waals surface area contributed by atoms with Crippen LogP contribution in [0, 0.1) is 6.92 Å². The number of tetrazole rings is 1. The molecular weight excluding hydrogens is 410 g/mol. The minimum atomic E-state index is -0.355. The molecule has 4 rings (SSSR count). The lowest BCUT2D eigenvalue weighted by molar-refractivity contribution is -0.115. The maximum atomic E-state index is 12.8. The minimum absolute atomic E-state index is 0.0864. The highest BCUT2D eigenvalue weighted by Gasteiger charge is 2.20. The molecule has 0 bridgehead atoms. The lowest BCUT2D eigenvalue weighted by Crippen LogP contribution is -2.44. The fourth-order valence-electron chi connectivity index (χ4n) is 3.48. The van der Waals surface area contributed by atoms with Gasteiger partial charge in [-0.15, -0.1) is 5.10 Å². The van der Waals surface area contributed by atoms with E-state index in [1.807, 2.05) is 50.2 Å². The number of hydrogen-bond acceptors (Lipinski definition) is 7. The topological polar surface area (TPSA) is 79.2 Å². The number of rotatable bonds is 6. The van der Waals surface area contributed by atoms with Gasteiger partial charge in [-0.2, -0.15) is 4.68 Å². The highest BCUT2D eigenvalue weighted by atomic mass is 32.2. The molecule has 0 saturated carbocycles. The zero-order valence-electron chi connectivity index (χ0n) is 18.0. The Balaban J connectivity index is 1.38. The van der Waals surface area contributed by atoms with E-state index in [0.717, 1.165) is 43.1 Å². The summed E-state index contributed by atoms with van der Waals surface area (Å²) in [5.41, 5.74) is 3.94. The number of nitrogens with zero attached hydrogens (tertiary/aromatic N) is 6. The number of carbonyl (C=O) groups is 1. The van der Waals surface area contributed by atoms with Crippen molar-refractivity contribution in [3.8, 4) is 5.69 Å². The standard InChI is InChI=1S/C22H27N7OS/c1-16-6-4-5-7-20(16)29-22(24-25-26-29)31-17(2)21(30)23-18-8-10-19(11-9-18)28-14-12-27(3)13-15-28/h4-11,17H,12-15H2,1-3H3,(H,23,30). The molecule has 31 heavy (non-hydrogen) atoms. The van der Waals surface area contributed by atoms with Crippen LogP contribution in [-0.4, -0.2) is 69.5 Å². The Morgan fingerprint density at radius 2 is 1.77 bits per heavy atom. The van der Waals surface area contributed by atoms with Gasteiger partial charge in [0, 0.05) is 37.6 Å². The number of likely N-dealkylation sites (N-methyl/N-ethyl adjacent to an activating group) is 1. The number of thioether (sulfide) groups is 1. The number of nitrogens with one attached hydrogen (secondary N) is 1. The molecule has 9 heteroatoms. The summed E-state index contributed by atoms with van der Waals surface area (Å²) in [5, 5.41) is 15.2.